The molecule has 1 aromatic carbocycles. The van der Waals surface area contributed by atoms with Crippen molar-refractivity contribution in [2.24, 2.45) is 5.92 Å². The molecule has 0 aliphatic carbocycles. The first-order valence-electron chi connectivity index (χ1n) is 6.50. The number of likely N-dealkylation sites (tertiary alicyclic amines) is 1. The Kier molecular flexibility index (Phi) is 5.23. The summed E-state index contributed by atoms with van der Waals surface area (Å²) in [6, 6.07) is 4.13. The van der Waals surface area contributed by atoms with E-state index in [9.17, 15) is 13.2 Å². The number of hydrogen-bond donors (Lipinski definition) is 2. The summed E-state index contributed by atoms with van der Waals surface area (Å²) in [4.78, 5) is 13.2. The SMILES string of the molecule is CN1CCC(CNS(=O)(=O)c2ccc(I)c(C(=O)O)c2)C1. The summed E-state index contributed by atoms with van der Waals surface area (Å²) in [5.41, 5.74) is -0.000857. The Hall–Kier alpha value is -0.710. The van der Waals surface area contributed by atoms with Crippen molar-refractivity contribution in [3.8, 4) is 0 Å². The van der Waals surface area contributed by atoms with Crippen molar-refractivity contribution in [2.45, 2.75) is 11.3 Å². The Bertz CT molecular complexity index is 648. The number of hydrogen-bond acceptors (Lipinski definition) is 4. The maximum Gasteiger partial charge on any atom is 0.336 e. The van der Waals surface area contributed by atoms with Crippen LogP contribution in [0.4, 0.5) is 0 Å². The molecule has 1 aromatic rings. The van der Waals surface area contributed by atoms with Gasteiger partial charge in [0.05, 0.1) is 10.5 Å². The lowest BCUT2D eigenvalue weighted by atomic mass is 10.1. The van der Waals surface area contributed by atoms with Crippen LogP contribution in [0.1, 0.15) is 16.8 Å². The fourth-order valence-electron chi connectivity index (χ4n) is 2.34. The number of halogens is 1. The maximum atomic E-state index is 12.2. The number of rotatable bonds is 5. The topological polar surface area (TPSA) is 86.7 Å². The Balaban J connectivity index is 2.12. The second-order valence-electron chi connectivity index (χ2n) is 5.22. The quantitative estimate of drug-likeness (QED) is 0.695. The Morgan fingerprint density at radius 1 is 1.52 bits per heavy atom. The van der Waals surface area contributed by atoms with E-state index in [1.54, 1.807) is 0 Å². The van der Waals surface area contributed by atoms with Crippen LogP contribution in [0.25, 0.3) is 0 Å². The van der Waals surface area contributed by atoms with Gasteiger partial charge in [-0.05, 0) is 66.7 Å². The first-order valence-corrected chi connectivity index (χ1v) is 9.07. The van der Waals surface area contributed by atoms with E-state index in [4.69, 9.17) is 5.11 Å². The van der Waals surface area contributed by atoms with Gasteiger partial charge in [-0.2, -0.15) is 0 Å². The van der Waals surface area contributed by atoms with Crippen molar-refractivity contribution < 1.29 is 18.3 Å². The molecule has 6 nitrogen and oxygen atoms in total. The van der Waals surface area contributed by atoms with Gasteiger partial charge in [0.1, 0.15) is 0 Å². The molecule has 116 valence electrons. The van der Waals surface area contributed by atoms with Crippen molar-refractivity contribution in [3.63, 3.8) is 0 Å². The van der Waals surface area contributed by atoms with E-state index in [1.165, 1.54) is 18.2 Å². The average Bonchev–Trinajstić information content (AvgIpc) is 2.82. The summed E-state index contributed by atoms with van der Waals surface area (Å²) < 4.78 is 27.6. The monoisotopic (exact) mass is 424 g/mol. The van der Waals surface area contributed by atoms with Crippen LogP contribution < -0.4 is 4.72 Å². The zero-order chi connectivity index (χ0) is 15.6. The van der Waals surface area contributed by atoms with Gasteiger partial charge in [-0.25, -0.2) is 17.9 Å². The summed E-state index contributed by atoms with van der Waals surface area (Å²) in [7, 11) is -1.67. The molecule has 0 aromatic heterocycles. The van der Waals surface area contributed by atoms with E-state index in [0.29, 0.717) is 16.0 Å². The summed E-state index contributed by atoms with van der Waals surface area (Å²) in [6.45, 7) is 2.22. The molecule has 1 heterocycles. The number of nitrogens with one attached hydrogen (secondary N) is 1. The molecule has 0 radical (unpaired) electrons. The average molecular weight is 424 g/mol. The van der Waals surface area contributed by atoms with Gasteiger partial charge in [-0.1, -0.05) is 0 Å². The molecule has 0 spiro atoms. The van der Waals surface area contributed by atoms with Crippen molar-refractivity contribution in [3.05, 3.63) is 27.3 Å². The highest BCUT2D eigenvalue weighted by Gasteiger charge is 2.23. The van der Waals surface area contributed by atoms with Crippen molar-refractivity contribution in [2.75, 3.05) is 26.7 Å². The molecule has 1 fully saturated rings. The normalized spacial score (nSPS) is 19.8. The van der Waals surface area contributed by atoms with E-state index < -0.39 is 16.0 Å². The van der Waals surface area contributed by atoms with E-state index >= 15 is 0 Å². The fraction of sp³-hybridized carbons (Fsp3) is 0.462. The van der Waals surface area contributed by atoms with E-state index in [-0.39, 0.29) is 10.5 Å². The second-order valence-corrected chi connectivity index (χ2v) is 8.14. The molecule has 21 heavy (non-hydrogen) atoms. The fourth-order valence-corrected chi connectivity index (χ4v) is 4.05. The predicted octanol–water partition coefficient (Wildman–Crippen LogP) is 1.22. The first-order chi connectivity index (χ1) is 9.79. The standard InChI is InChI=1S/C13H17IN2O4S/c1-16-5-4-9(8-16)7-15-21(19,20)10-2-3-12(14)11(6-10)13(17)18/h2-3,6,9,15H,4-5,7-8H2,1H3,(H,17,18). The zero-order valence-electron chi connectivity index (χ0n) is 11.5. The van der Waals surface area contributed by atoms with Gasteiger partial charge in [0, 0.05) is 16.7 Å². The van der Waals surface area contributed by atoms with Gasteiger partial charge < -0.3 is 10.0 Å². The Labute approximate surface area is 137 Å². The number of nitrogens with zero attached hydrogens (tertiary/aromatic N) is 1. The minimum Gasteiger partial charge on any atom is -0.478 e. The largest absolute Gasteiger partial charge is 0.478 e. The number of aromatic carboxylic acids is 1. The lowest BCUT2D eigenvalue weighted by Crippen LogP contribution is -2.30. The molecule has 1 aliphatic rings. The van der Waals surface area contributed by atoms with Crippen molar-refractivity contribution >= 4 is 38.6 Å². The van der Waals surface area contributed by atoms with Crippen LogP contribution in [0.2, 0.25) is 0 Å². The maximum absolute atomic E-state index is 12.2. The van der Waals surface area contributed by atoms with Gasteiger partial charge in [-0.15, -0.1) is 0 Å². The minimum atomic E-state index is -3.67. The minimum absolute atomic E-state index is 0.000857. The second kappa shape index (κ2) is 6.59. The van der Waals surface area contributed by atoms with E-state index in [1.807, 2.05) is 29.6 Å². The third-order valence-electron chi connectivity index (χ3n) is 3.53. The third-order valence-corrected chi connectivity index (χ3v) is 5.89. The Morgan fingerprint density at radius 3 is 2.81 bits per heavy atom. The van der Waals surface area contributed by atoms with E-state index in [2.05, 4.69) is 9.62 Å². The number of sulfonamides is 1. The van der Waals surface area contributed by atoms with Crippen LogP contribution in [0.3, 0.4) is 0 Å². The molecular formula is C13H17IN2O4S. The molecule has 0 saturated carbocycles. The number of benzene rings is 1. The highest BCUT2D eigenvalue weighted by Crippen LogP contribution is 2.19. The van der Waals surface area contributed by atoms with Crippen LogP contribution in [0.5, 0.6) is 0 Å². The van der Waals surface area contributed by atoms with Crippen LogP contribution in [0, 0.1) is 9.49 Å². The van der Waals surface area contributed by atoms with Crippen LogP contribution in [0.15, 0.2) is 23.1 Å². The van der Waals surface area contributed by atoms with Gasteiger partial charge in [0.15, 0.2) is 0 Å². The molecule has 2 rings (SSSR count). The highest BCUT2D eigenvalue weighted by molar-refractivity contribution is 14.1. The lowest BCUT2D eigenvalue weighted by molar-refractivity contribution is 0.0695. The molecule has 0 bridgehead atoms. The molecule has 0 amide bonds. The lowest BCUT2D eigenvalue weighted by Gasteiger charge is -2.12. The summed E-state index contributed by atoms with van der Waals surface area (Å²) >= 11 is 1.87. The molecule has 2 N–H and O–H groups in total. The Morgan fingerprint density at radius 2 is 2.24 bits per heavy atom. The highest BCUT2D eigenvalue weighted by atomic mass is 127. The van der Waals surface area contributed by atoms with Crippen molar-refractivity contribution in [1.82, 2.24) is 9.62 Å². The molecule has 1 unspecified atom stereocenters. The number of carboxylic acid groups (broad SMARTS) is 1. The van der Waals surface area contributed by atoms with Gasteiger partial charge in [0.25, 0.3) is 0 Å². The van der Waals surface area contributed by atoms with Gasteiger partial charge >= 0.3 is 5.97 Å². The first kappa shape index (κ1) is 16.7. The van der Waals surface area contributed by atoms with Gasteiger partial charge in [0.2, 0.25) is 10.0 Å². The van der Waals surface area contributed by atoms with Crippen LogP contribution in [-0.2, 0) is 10.0 Å². The summed E-state index contributed by atoms with van der Waals surface area (Å²) in [5, 5.41) is 9.06. The molecule has 1 aliphatic heterocycles. The van der Waals surface area contributed by atoms with Gasteiger partial charge in [-0.3, -0.25) is 0 Å². The summed E-state index contributed by atoms with van der Waals surface area (Å²) in [5.74, 6) is -0.832. The molecular weight excluding hydrogens is 407 g/mol. The molecule has 8 heteroatoms. The molecule has 1 saturated heterocycles. The predicted molar refractivity (Wildman–Crippen MR) is 86.9 cm³/mol. The van der Waals surface area contributed by atoms with Crippen LogP contribution in [-0.4, -0.2) is 51.1 Å². The van der Waals surface area contributed by atoms with E-state index in [0.717, 1.165) is 19.5 Å². The van der Waals surface area contributed by atoms with Crippen molar-refractivity contribution in [1.29, 1.82) is 0 Å². The number of carbonyl (C=O) groups is 1. The smallest absolute Gasteiger partial charge is 0.336 e. The third kappa shape index (κ3) is 4.15. The molecule has 1 atom stereocenters. The number of carboxylic acids is 1. The zero-order valence-corrected chi connectivity index (χ0v) is 14.5. The van der Waals surface area contributed by atoms with Crippen LogP contribution >= 0.6 is 22.6 Å². The summed E-state index contributed by atoms with van der Waals surface area (Å²) in [6.07, 6.45) is 0.964.